The monoisotopic (exact) mass is 245 g/mol. The molecule has 0 amide bonds. The highest BCUT2D eigenvalue weighted by molar-refractivity contribution is 5.36. The molecule has 0 aliphatic carbocycles. The maximum atomic E-state index is 11.9. The summed E-state index contributed by atoms with van der Waals surface area (Å²) in [6, 6.07) is 4.10. The lowest BCUT2D eigenvalue weighted by Crippen LogP contribution is -2.21. The van der Waals surface area contributed by atoms with Gasteiger partial charge in [-0.25, -0.2) is 0 Å². The summed E-state index contributed by atoms with van der Waals surface area (Å²) in [4.78, 5) is 0. The zero-order chi connectivity index (χ0) is 13.1. The summed E-state index contributed by atoms with van der Waals surface area (Å²) in [6.07, 6.45) is -4.86. The quantitative estimate of drug-likeness (QED) is 0.798. The molecule has 0 atom stereocenters. The SMILES string of the molecule is Cc1cc(C)c(CNCCC(F)(F)F)cc1C. The molecule has 0 heterocycles. The van der Waals surface area contributed by atoms with Crippen molar-refractivity contribution < 1.29 is 13.2 Å². The number of aryl methyl sites for hydroxylation is 3. The largest absolute Gasteiger partial charge is 0.390 e. The lowest BCUT2D eigenvalue weighted by Gasteiger charge is -2.11. The maximum absolute atomic E-state index is 11.9. The molecular formula is C13H18F3N. The third kappa shape index (κ3) is 4.77. The predicted molar refractivity (Wildman–Crippen MR) is 63.0 cm³/mol. The van der Waals surface area contributed by atoms with E-state index in [9.17, 15) is 13.2 Å². The van der Waals surface area contributed by atoms with E-state index in [0.29, 0.717) is 6.54 Å². The summed E-state index contributed by atoms with van der Waals surface area (Å²) in [5.74, 6) is 0. The number of hydrogen-bond donors (Lipinski definition) is 1. The van der Waals surface area contributed by atoms with E-state index in [4.69, 9.17) is 0 Å². The van der Waals surface area contributed by atoms with Gasteiger partial charge in [0, 0.05) is 13.1 Å². The second kappa shape index (κ2) is 5.54. The Morgan fingerprint density at radius 2 is 1.59 bits per heavy atom. The third-order valence-corrected chi connectivity index (χ3v) is 2.85. The molecule has 1 N–H and O–H groups in total. The minimum Gasteiger partial charge on any atom is -0.312 e. The number of alkyl halides is 3. The normalized spacial score (nSPS) is 11.9. The Morgan fingerprint density at radius 3 is 2.18 bits per heavy atom. The first-order valence-electron chi connectivity index (χ1n) is 5.64. The van der Waals surface area contributed by atoms with Crippen LogP contribution in [0.2, 0.25) is 0 Å². The van der Waals surface area contributed by atoms with E-state index in [1.165, 1.54) is 11.1 Å². The first-order chi connectivity index (χ1) is 7.79. The molecule has 0 spiro atoms. The van der Waals surface area contributed by atoms with E-state index >= 15 is 0 Å². The van der Waals surface area contributed by atoms with Gasteiger partial charge in [-0.05, 0) is 43.0 Å². The van der Waals surface area contributed by atoms with Crippen LogP contribution in [0.3, 0.4) is 0 Å². The highest BCUT2D eigenvalue weighted by Crippen LogP contribution is 2.19. The lowest BCUT2D eigenvalue weighted by molar-refractivity contribution is -0.133. The van der Waals surface area contributed by atoms with E-state index in [1.54, 1.807) is 0 Å². The van der Waals surface area contributed by atoms with E-state index in [2.05, 4.69) is 11.4 Å². The summed E-state index contributed by atoms with van der Waals surface area (Å²) in [7, 11) is 0. The van der Waals surface area contributed by atoms with Crippen molar-refractivity contribution >= 4 is 0 Å². The summed E-state index contributed by atoms with van der Waals surface area (Å²) in [6.45, 7) is 6.48. The summed E-state index contributed by atoms with van der Waals surface area (Å²) < 4.78 is 35.8. The molecule has 1 rings (SSSR count). The fourth-order valence-electron chi connectivity index (χ4n) is 1.66. The maximum Gasteiger partial charge on any atom is 0.390 e. The molecule has 0 unspecified atom stereocenters. The smallest absolute Gasteiger partial charge is 0.312 e. The standard InChI is InChI=1S/C13H18F3N/c1-9-6-11(3)12(7-10(9)2)8-17-5-4-13(14,15)16/h6-7,17H,4-5,8H2,1-3H3. The zero-order valence-corrected chi connectivity index (χ0v) is 10.4. The second-order valence-electron chi connectivity index (χ2n) is 4.40. The minimum absolute atomic E-state index is 0.0319. The van der Waals surface area contributed by atoms with Gasteiger partial charge in [-0.15, -0.1) is 0 Å². The van der Waals surface area contributed by atoms with Crippen LogP contribution in [-0.2, 0) is 6.54 Å². The Labute approximate surface area is 100 Å². The molecule has 0 saturated carbocycles. The fourth-order valence-corrected chi connectivity index (χ4v) is 1.66. The van der Waals surface area contributed by atoms with Gasteiger partial charge >= 0.3 is 6.18 Å². The number of nitrogens with one attached hydrogen (secondary N) is 1. The summed E-state index contributed by atoms with van der Waals surface area (Å²) in [5, 5.41) is 2.83. The molecule has 0 saturated heterocycles. The molecule has 96 valence electrons. The number of benzene rings is 1. The average Bonchev–Trinajstić information content (AvgIpc) is 2.18. The highest BCUT2D eigenvalue weighted by atomic mass is 19.4. The number of hydrogen-bond acceptors (Lipinski definition) is 1. The van der Waals surface area contributed by atoms with Gasteiger partial charge in [-0.2, -0.15) is 13.2 Å². The molecule has 17 heavy (non-hydrogen) atoms. The molecule has 0 radical (unpaired) electrons. The number of rotatable bonds is 4. The van der Waals surface area contributed by atoms with Crippen LogP contribution in [0.15, 0.2) is 12.1 Å². The van der Waals surface area contributed by atoms with Crippen molar-refractivity contribution in [2.75, 3.05) is 6.54 Å². The van der Waals surface area contributed by atoms with Gasteiger partial charge in [0.05, 0.1) is 6.42 Å². The van der Waals surface area contributed by atoms with E-state index in [0.717, 1.165) is 11.1 Å². The van der Waals surface area contributed by atoms with Crippen LogP contribution in [0.25, 0.3) is 0 Å². The van der Waals surface area contributed by atoms with Crippen molar-refractivity contribution in [1.29, 1.82) is 0 Å². The fraction of sp³-hybridized carbons (Fsp3) is 0.538. The van der Waals surface area contributed by atoms with Crippen LogP contribution in [0, 0.1) is 20.8 Å². The molecule has 0 aliphatic rings. The summed E-state index contributed by atoms with van der Waals surface area (Å²) in [5.41, 5.74) is 4.56. The lowest BCUT2D eigenvalue weighted by atomic mass is 10.0. The Morgan fingerprint density at radius 1 is 1.00 bits per heavy atom. The molecule has 0 aromatic heterocycles. The molecule has 1 aromatic rings. The highest BCUT2D eigenvalue weighted by Gasteiger charge is 2.25. The molecule has 0 fully saturated rings. The van der Waals surface area contributed by atoms with Crippen molar-refractivity contribution in [2.24, 2.45) is 0 Å². The van der Waals surface area contributed by atoms with Crippen LogP contribution in [0.5, 0.6) is 0 Å². The molecule has 4 heteroatoms. The van der Waals surface area contributed by atoms with Crippen LogP contribution in [-0.4, -0.2) is 12.7 Å². The third-order valence-electron chi connectivity index (χ3n) is 2.85. The van der Waals surface area contributed by atoms with Crippen molar-refractivity contribution in [3.05, 3.63) is 34.4 Å². The Balaban J connectivity index is 2.50. The van der Waals surface area contributed by atoms with E-state index < -0.39 is 12.6 Å². The topological polar surface area (TPSA) is 12.0 Å². The molecule has 0 aliphatic heterocycles. The second-order valence-corrected chi connectivity index (χ2v) is 4.40. The van der Waals surface area contributed by atoms with Crippen LogP contribution >= 0.6 is 0 Å². The van der Waals surface area contributed by atoms with Gasteiger partial charge in [0.25, 0.3) is 0 Å². The van der Waals surface area contributed by atoms with Crippen LogP contribution < -0.4 is 5.32 Å². The van der Waals surface area contributed by atoms with Gasteiger partial charge in [0.1, 0.15) is 0 Å². The van der Waals surface area contributed by atoms with Gasteiger partial charge in [-0.3, -0.25) is 0 Å². The van der Waals surface area contributed by atoms with Gasteiger partial charge in [0.15, 0.2) is 0 Å². The number of halogens is 3. The Bertz CT molecular complexity index is 383. The zero-order valence-electron chi connectivity index (χ0n) is 10.4. The van der Waals surface area contributed by atoms with Gasteiger partial charge < -0.3 is 5.32 Å². The van der Waals surface area contributed by atoms with Crippen molar-refractivity contribution in [3.63, 3.8) is 0 Å². The molecule has 1 nitrogen and oxygen atoms in total. The van der Waals surface area contributed by atoms with Crippen LogP contribution in [0.1, 0.15) is 28.7 Å². The van der Waals surface area contributed by atoms with Crippen LogP contribution in [0.4, 0.5) is 13.2 Å². The van der Waals surface area contributed by atoms with Gasteiger partial charge in [0.2, 0.25) is 0 Å². The first kappa shape index (κ1) is 14.0. The van der Waals surface area contributed by atoms with Crippen molar-refractivity contribution in [1.82, 2.24) is 5.32 Å². The average molecular weight is 245 g/mol. The summed E-state index contributed by atoms with van der Waals surface area (Å²) >= 11 is 0. The first-order valence-corrected chi connectivity index (χ1v) is 5.64. The predicted octanol–water partition coefficient (Wildman–Crippen LogP) is 3.65. The van der Waals surface area contributed by atoms with E-state index in [-0.39, 0.29) is 6.54 Å². The Kier molecular flexibility index (Phi) is 4.57. The van der Waals surface area contributed by atoms with Gasteiger partial charge in [-0.1, -0.05) is 12.1 Å². The van der Waals surface area contributed by atoms with E-state index in [1.807, 2.05) is 26.8 Å². The molecule has 1 aromatic carbocycles. The van der Waals surface area contributed by atoms with Crippen molar-refractivity contribution in [2.45, 2.75) is 39.9 Å². The Hall–Kier alpha value is -1.03. The minimum atomic E-state index is -4.08. The molecule has 0 bridgehead atoms. The molecular weight excluding hydrogens is 227 g/mol. The van der Waals surface area contributed by atoms with Crippen molar-refractivity contribution in [3.8, 4) is 0 Å².